The Bertz CT molecular complexity index is 2340. The molecule has 3 amide bonds. The van der Waals surface area contributed by atoms with E-state index in [1.807, 2.05) is 0 Å². The number of carbonyl (C=O) groups is 3. The number of hydrogen-bond acceptors (Lipinski definition) is 15. The number of anilines is 2. The minimum atomic E-state index is -5.15. The number of ketones is 1. The normalized spacial score (nSPS) is 12.6. The summed E-state index contributed by atoms with van der Waals surface area (Å²) in [6.45, 7) is 0. The lowest BCUT2D eigenvalue weighted by atomic mass is 10.1. The van der Waals surface area contributed by atoms with E-state index in [2.05, 4.69) is 29.8 Å². The summed E-state index contributed by atoms with van der Waals surface area (Å²) in [5.41, 5.74) is -0.694. The molecule has 1 aliphatic rings. The van der Waals surface area contributed by atoms with Gasteiger partial charge in [-0.2, -0.15) is 18.4 Å². The SMILES string of the molecule is COc1cc(OC)nc(NC(=O)NS(=O)(=O)Nc2ccccc2C(=O)C2CC2)n1.COc1nn(C(=O)NS(=O)(=O)c2ccccc2OC(F)(F)F)c(=O)n1C. The molecule has 2 heterocycles. The zero-order valence-corrected chi connectivity index (χ0v) is 30.4. The van der Waals surface area contributed by atoms with E-state index in [1.54, 1.807) is 16.9 Å². The second-order valence-corrected chi connectivity index (χ2v) is 13.8. The Morgan fingerprint density at radius 1 is 0.873 bits per heavy atom. The minimum Gasteiger partial charge on any atom is -0.481 e. The first-order valence-corrected chi connectivity index (χ1v) is 18.1. The van der Waals surface area contributed by atoms with Crippen LogP contribution in [0.25, 0.3) is 0 Å². The number of nitrogens with zero attached hydrogens (tertiary/aromatic N) is 5. The molecule has 1 fully saturated rings. The van der Waals surface area contributed by atoms with Crippen LogP contribution in [0.5, 0.6) is 23.5 Å². The van der Waals surface area contributed by atoms with Crippen molar-refractivity contribution in [3.63, 3.8) is 0 Å². The molecule has 0 saturated heterocycles. The summed E-state index contributed by atoms with van der Waals surface area (Å²) in [7, 11) is -4.05. The highest BCUT2D eigenvalue weighted by atomic mass is 32.2. The van der Waals surface area contributed by atoms with Gasteiger partial charge in [0.25, 0.3) is 10.0 Å². The highest BCUT2D eigenvalue weighted by molar-refractivity contribution is 7.91. The maximum Gasteiger partial charge on any atom is 0.573 e. The Labute approximate surface area is 309 Å². The number of Topliss-reactive ketones (excluding diaryl/α,β-unsaturated/α-hetero) is 1. The molecule has 0 spiro atoms. The highest BCUT2D eigenvalue weighted by Crippen LogP contribution is 2.35. The monoisotopic (exact) mass is 817 g/mol. The van der Waals surface area contributed by atoms with Gasteiger partial charge < -0.3 is 18.9 Å². The fraction of sp³-hybridized carbons (Fsp3) is 0.276. The van der Waals surface area contributed by atoms with E-state index in [0.29, 0.717) is 0 Å². The maximum atomic E-state index is 12.4. The smallest absolute Gasteiger partial charge is 0.481 e. The maximum absolute atomic E-state index is 12.4. The molecule has 2 aromatic carbocycles. The molecule has 2 aromatic heterocycles. The van der Waals surface area contributed by atoms with Crippen molar-refractivity contribution in [3.05, 3.63) is 70.6 Å². The second-order valence-electron chi connectivity index (χ2n) is 10.8. The van der Waals surface area contributed by atoms with E-state index in [1.165, 1.54) is 44.2 Å². The third-order valence-electron chi connectivity index (χ3n) is 6.84. The number of sulfonamides is 1. The molecule has 4 aromatic rings. The number of rotatable bonds is 12. The Hall–Kier alpha value is -6.44. The predicted octanol–water partition coefficient (Wildman–Crippen LogP) is 2.00. The lowest BCUT2D eigenvalue weighted by Gasteiger charge is -2.13. The van der Waals surface area contributed by atoms with Crippen LogP contribution in [-0.2, 0) is 27.3 Å². The van der Waals surface area contributed by atoms with Crippen LogP contribution in [0, 0.1) is 5.92 Å². The van der Waals surface area contributed by atoms with E-state index >= 15 is 0 Å². The first kappa shape index (κ1) is 41.3. The third kappa shape index (κ3) is 11.0. The quantitative estimate of drug-likeness (QED) is 0.149. The molecule has 4 N–H and O–H groups in total. The number of nitrogens with one attached hydrogen (secondary N) is 4. The first-order chi connectivity index (χ1) is 25.8. The van der Waals surface area contributed by atoms with Gasteiger partial charge >= 0.3 is 40.3 Å². The molecule has 21 nitrogen and oxygen atoms in total. The molecule has 0 aliphatic heterocycles. The van der Waals surface area contributed by atoms with Crippen LogP contribution >= 0.6 is 0 Å². The number of methoxy groups -OCH3 is 3. The average molecular weight is 818 g/mol. The fourth-order valence-corrected chi connectivity index (χ4v) is 6.14. The van der Waals surface area contributed by atoms with Crippen LogP contribution in [0.2, 0.25) is 0 Å². The van der Waals surface area contributed by atoms with Crippen LogP contribution in [0.4, 0.5) is 34.4 Å². The molecule has 1 saturated carbocycles. The van der Waals surface area contributed by atoms with Crippen molar-refractivity contribution < 1.29 is 63.3 Å². The van der Waals surface area contributed by atoms with Crippen LogP contribution in [0.3, 0.4) is 0 Å². The highest BCUT2D eigenvalue weighted by Gasteiger charge is 2.35. The van der Waals surface area contributed by atoms with Gasteiger partial charge in [0.2, 0.25) is 17.7 Å². The molecule has 296 valence electrons. The van der Waals surface area contributed by atoms with Gasteiger partial charge in [0.1, 0.15) is 10.6 Å². The van der Waals surface area contributed by atoms with Crippen molar-refractivity contribution in [1.82, 2.24) is 33.8 Å². The fourth-order valence-electron chi connectivity index (χ4n) is 4.26. The van der Waals surface area contributed by atoms with Gasteiger partial charge in [-0.05, 0) is 37.1 Å². The summed E-state index contributed by atoms with van der Waals surface area (Å²) >= 11 is 0. The second kappa shape index (κ2) is 16.7. The molecule has 0 unspecified atom stereocenters. The average Bonchev–Trinajstić information content (AvgIpc) is 3.92. The number of alkyl halides is 3. The summed E-state index contributed by atoms with van der Waals surface area (Å²) < 4.78 is 111. The van der Waals surface area contributed by atoms with Crippen molar-refractivity contribution in [2.24, 2.45) is 13.0 Å². The number of para-hydroxylation sites is 2. The summed E-state index contributed by atoms with van der Waals surface area (Å²) in [5, 5.41) is 5.63. The van der Waals surface area contributed by atoms with Crippen molar-refractivity contribution in [2.45, 2.75) is 24.1 Å². The van der Waals surface area contributed by atoms with Crippen LogP contribution in [-0.4, -0.2) is 86.7 Å². The molecule has 0 radical (unpaired) electrons. The minimum absolute atomic E-state index is 0.0860. The topological polar surface area (TPSA) is 270 Å². The molecule has 1 aliphatic carbocycles. The van der Waals surface area contributed by atoms with Crippen LogP contribution in [0.15, 0.2) is 64.3 Å². The van der Waals surface area contributed by atoms with E-state index in [9.17, 15) is 49.2 Å². The molecule has 0 atom stereocenters. The van der Waals surface area contributed by atoms with Crippen molar-refractivity contribution >= 4 is 49.7 Å². The lowest BCUT2D eigenvalue weighted by molar-refractivity contribution is -0.275. The molecule has 26 heteroatoms. The summed E-state index contributed by atoms with van der Waals surface area (Å²) in [4.78, 5) is 55.0. The molecule has 0 bridgehead atoms. The van der Waals surface area contributed by atoms with Gasteiger partial charge in [-0.25, -0.2) is 36.8 Å². The van der Waals surface area contributed by atoms with Gasteiger partial charge in [0.15, 0.2) is 5.78 Å². The third-order valence-corrected chi connectivity index (χ3v) is 9.14. The number of benzene rings is 2. The van der Waals surface area contributed by atoms with Gasteiger partial charge in [-0.15, -0.1) is 23.0 Å². The van der Waals surface area contributed by atoms with Gasteiger partial charge in [0.05, 0.1) is 33.1 Å². The van der Waals surface area contributed by atoms with Gasteiger partial charge in [0, 0.05) is 18.5 Å². The van der Waals surface area contributed by atoms with E-state index in [0.717, 1.165) is 48.8 Å². The van der Waals surface area contributed by atoms with Gasteiger partial charge in [-0.1, -0.05) is 24.3 Å². The van der Waals surface area contributed by atoms with Crippen LogP contribution in [0.1, 0.15) is 23.2 Å². The Morgan fingerprint density at radius 2 is 1.47 bits per heavy atom. The summed E-state index contributed by atoms with van der Waals surface area (Å²) in [5.74, 6) is -1.27. The number of aromatic nitrogens is 5. The molecular formula is C29H30F3N9O12S2. The predicted molar refractivity (Wildman–Crippen MR) is 182 cm³/mol. The number of carbonyl (C=O) groups excluding carboxylic acids is 3. The number of halogens is 3. The molecule has 55 heavy (non-hydrogen) atoms. The number of amides is 3. The van der Waals surface area contributed by atoms with E-state index in [4.69, 9.17) is 14.2 Å². The Kier molecular flexibility index (Phi) is 12.5. The number of urea groups is 1. The van der Waals surface area contributed by atoms with E-state index < -0.39 is 55.0 Å². The standard InChI is InChI=1S/C17H19N5O6S.C12H11F3N4O6S/c1-27-13-9-14(28-2)19-16(18-13)20-17(24)22-29(25,26)21-12-6-4-3-5-11(12)15(23)10-7-8-10;1-18-10(24-2)16-19(11(18)21)9(20)17-26(22,23)8-6-4-3-5-7(8)25-12(13,14)15/h3-6,9-10,21H,7-8H2,1-2H3,(H2,18,19,20,22,24);3-6H,1-2H3,(H,17,20). The van der Waals surface area contributed by atoms with Gasteiger partial charge in [-0.3, -0.25) is 14.8 Å². The van der Waals surface area contributed by atoms with Crippen molar-refractivity contribution in [3.8, 4) is 23.5 Å². The summed E-state index contributed by atoms with van der Waals surface area (Å²) in [6.07, 6.45) is -3.59. The summed E-state index contributed by atoms with van der Waals surface area (Å²) in [6, 6.07) is 8.44. The largest absolute Gasteiger partial charge is 0.573 e. The first-order valence-electron chi connectivity index (χ1n) is 15.1. The van der Waals surface area contributed by atoms with Crippen molar-refractivity contribution in [1.29, 1.82) is 0 Å². The molecule has 5 rings (SSSR count). The number of hydrogen-bond donors (Lipinski definition) is 4. The van der Waals surface area contributed by atoms with E-state index in [-0.39, 0.29) is 51.4 Å². The lowest BCUT2D eigenvalue weighted by Crippen LogP contribution is -2.40. The zero-order chi connectivity index (χ0) is 40.7. The van der Waals surface area contributed by atoms with Crippen LogP contribution < -0.4 is 44.1 Å². The Morgan fingerprint density at radius 3 is 2.04 bits per heavy atom. The molecular weight excluding hydrogens is 787 g/mol. The Balaban J connectivity index is 0.000000246. The number of ether oxygens (including phenoxy) is 4. The zero-order valence-electron chi connectivity index (χ0n) is 28.8. The van der Waals surface area contributed by atoms with Crippen molar-refractivity contribution in [2.75, 3.05) is 31.4 Å².